The molecule has 1 aliphatic heterocycles. The molecule has 0 aliphatic carbocycles. The van der Waals surface area contributed by atoms with Crippen LogP contribution >= 0.6 is 0 Å². The van der Waals surface area contributed by atoms with Gasteiger partial charge in [0, 0.05) is 6.04 Å². The first-order valence-corrected chi connectivity index (χ1v) is 6.48. The van der Waals surface area contributed by atoms with Crippen molar-refractivity contribution in [2.45, 2.75) is 65.3 Å². The zero-order chi connectivity index (χ0) is 10.4. The summed E-state index contributed by atoms with van der Waals surface area (Å²) in [5.41, 5.74) is 0. The second kappa shape index (κ2) is 6.44. The minimum atomic E-state index is 0.860. The fourth-order valence-electron chi connectivity index (χ4n) is 2.44. The van der Waals surface area contributed by atoms with Crippen molar-refractivity contribution in [3.05, 3.63) is 0 Å². The van der Waals surface area contributed by atoms with Gasteiger partial charge in [-0.25, -0.2) is 0 Å². The lowest BCUT2D eigenvalue weighted by Crippen LogP contribution is -2.40. The van der Waals surface area contributed by atoms with Crippen LogP contribution in [-0.2, 0) is 0 Å². The van der Waals surface area contributed by atoms with Gasteiger partial charge >= 0.3 is 0 Å². The minimum absolute atomic E-state index is 0.860. The lowest BCUT2D eigenvalue weighted by atomic mass is 9.97. The Hall–Kier alpha value is -0.0400. The van der Waals surface area contributed by atoms with Crippen molar-refractivity contribution in [2.24, 2.45) is 5.92 Å². The first-order valence-electron chi connectivity index (χ1n) is 6.48. The Bertz CT molecular complexity index is 140. The highest BCUT2D eigenvalue weighted by molar-refractivity contribution is 4.76. The summed E-state index contributed by atoms with van der Waals surface area (Å²) in [5.74, 6) is 0.860. The number of rotatable bonds is 5. The van der Waals surface area contributed by atoms with E-state index in [1.807, 2.05) is 0 Å². The highest BCUT2D eigenvalue weighted by atomic mass is 15.2. The van der Waals surface area contributed by atoms with Crippen molar-refractivity contribution in [1.82, 2.24) is 4.90 Å². The highest BCUT2D eigenvalue weighted by Gasteiger charge is 2.20. The average molecular weight is 197 g/mol. The van der Waals surface area contributed by atoms with Crippen molar-refractivity contribution >= 4 is 0 Å². The lowest BCUT2D eigenvalue weighted by molar-refractivity contribution is 0.133. The predicted octanol–water partition coefficient (Wildman–Crippen LogP) is 3.69. The van der Waals surface area contributed by atoms with E-state index in [1.165, 1.54) is 51.6 Å². The fourth-order valence-corrected chi connectivity index (χ4v) is 2.44. The van der Waals surface area contributed by atoms with Gasteiger partial charge in [0.25, 0.3) is 0 Å². The maximum Gasteiger partial charge on any atom is 0.00951 e. The molecule has 1 unspecified atom stereocenters. The molecule has 1 nitrogen and oxygen atoms in total. The van der Waals surface area contributed by atoms with Crippen LogP contribution in [0.3, 0.4) is 0 Å². The Morgan fingerprint density at radius 3 is 2.71 bits per heavy atom. The van der Waals surface area contributed by atoms with Crippen LogP contribution in [0.4, 0.5) is 0 Å². The second-order valence-corrected chi connectivity index (χ2v) is 5.16. The van der Waals surface area contributed by atoms with Gasteiger partial charge in [0.1, 0.15) is 0 Å². The molecule has 0 aromatic carbocycles. The first-order chi connectivity index (χ1) is 6.74. The smallest absolute Gasteiger partial charge is 0.00951 e. The molecule has 1 aliphatic rings. The summed E-state index contributed by atoms with van der Waals surface area (Å²) in [7, 11) is 0. The number of nitrogens with zero attached hydrogens (tertiary/aromatic N) is 1. The molecular formula is C13H27N. The average Bonchev–Trinajstić information content (AvgIpc) is 2.17. The summed E-state index contributed by atoms with van der Waals surface area (Å²) in [6.07, 6.45) is 8.48. The SMILES string of the molecule is CCCC1CCCCN1CCC(C)C. The van der Waals surface area contributed by atoms with Crippen molar-refractivity contribution in [2.75, 3.05) is 13.1 Å². The summed E-state index contributed by atoms with van der Waals surface area (Å²) >= 11 is 0. The molecule has 1 fully saturated rings. The van der Waals surface area contributed by atoms with Gasteiger partial charge in [0.15, 0.2) is 0 Å². The third-order valence-corrected chi connectivity index (χ3v) is 3.36. The summed E-state index contributed by atoms with van der Waals surface area (Å²) < 4.78 is 0. The molecule has 1 rings (SSSR count). The molecule has 14 heavy (non-hydrogen) atoms. The summed E-state index contributed by atoms with van der Waals surface area (Å²) in [4.78, 5) is 2.74. The van der Waals surface area contributed by atoms with Crippen LogP contribution < -0.4 is 0 Å². The Labute approximate surface area is 89.9 Å². The Morgan fingerprint density at radius 1 is 1.29 bits per heavy atom. The first kappa shape index (κ1) is 12.0. The molecule has 0 N–H and O–H groups in total. The van der Waals surface area contributed by atoms with E-state index in [9.17, 15) is 0 Å². The molecule has 1 saturated heterocycles. The van der Waals surface area contributed by atoms with E-state index in [4.69, 9.17) is 0 Å². The molecule has 1 heterocycles. The number of hydrogen-bond donors (Lipinski definition) is 0. The Morgan fingerprint density at radius 2 is 2.07 bits per heavy atom. The van der Waals surface area contributed by atoms with Crippen LogP contribution in [0.25, 0.3) is 0 Å². The minimum Gasteiger partial charge on any atom is -0.300 e. The van der Waals surface area contributed by atoms with Gasteiger partial charge < -0.3 is 4.90 Å². The third-order valence-electron chi connectivity index (χ3n) is 3.36. The number of likely N-dealkylation sites (tertiary alicyclic amines) is 1. The van der Waals surface area contributed by atoms with E-state index >= 15 is 0 Å². The molecule has 1 heteroatoms. The van der Waals surface area contributed by atoms with Crippen molar-refractivity contribution < 1.29 is 0 Å². The highest BCUT2D eigenvalue weighted by Crippen LogP contribution is 2.21. The monoisotopic (exact) mass is 197 g/mol. The van der Waals surface area contributed by atoms with E-state index in [2.05, 4.69) is 25.7 Å². The van der Waals surface area contributed by atoms with Crippen molar-refractivity contribution in [3.8, 4) is 0 Å². The van der Waals surface area contributed by atoms with Gasteiger partial charge in [-0.05, 0) is 44.7 Å². The second-order valence-electron chi connectivity index (χ2n) is 5.16. The lowest BCUT2D eigenvalue weighted by Gasteiger charge is -2.36. The number of hydrogen-bond acceptors (Lipinski definition) is 1. The van der Waals surface area contributed by atoms with Crippen LogP contribution in [0.5, 0.6) is 0 Å². The Kier molecular flexibility index (Phi) is 5.54. The van der Waals surface area contributed by atoms with Crippen LogP contribution in [0.1, 0.15) is 59.3 Å². The van der Waals surface area contributed by atoms with Gasteiger partial charge in [-0.2, -0.15) is 0 Å². The maximum atomic E-state index is 2.74. The molecule has 0 radical (unpaired) electrons. The van der Waals surface area contributed by atoms with E-state index in [-0.39, 0.29) is 0 Å². The molecule has 0 amide bonds. The number of piperidine rings is 1. The van der Waals surface area contributed by atoms with Gasteiger partial charge in [-0.1, -0.05) is 33.6 Å². The quantitative estimate of drug-likeness (QED) is 0.650. The summed E-state index contributed by atoms with van der Waals surface area (Å²) in [5, 5.41) is 0. The molecular weight excluding hydrogens is 170 g/mol. The van der Waals surface area contributed by atoms with Gasteiger partial charge in [-0.15, -0.1) is 0 Å². The van der Waals surface area contributed by atoms with Gasteiger partial charge in [0.05, 0.1) is 0 Å². The standard InChI is InChI=1S/C13H27N/c1-4-7-13-8-5-6-10-14(13)11-9-12(2)3/h12-13H,4-11H2,1-3H3. The molecule has 84 valence electrons. The van der Waals surface area contributed by atoms with E-state index in [0.717, 1.165) is 12.0 Å². The summed E-state index contributed by atoms with van der Waals surface area (Å²) in [6.45, 7) is 9.67. The van der Waals surface area contributed by atoms with Gasteiger partial charge in [0.2, 0.25) is 0 Å². The Balaban J connectivity index is 2.30. The third kappa shape index (κ3) is 4.00. The normalized spacial score (nSPS) is 24.4. The van der Waals surface area contributed by atoms with E-state index < -0.39 is 0 Å². The molecule has 0 spiro atoms. The summed E-state index contributed by atoms with van der Waals surface area (Å²) in [6, 6.07) is 0.910. The van der Waals surface area contributed by atoms with E-state index in [1.54, 1.807) is 0 Å². The predicted molar refractivity (Wildman–Crippen MR) is 63.6 cm³/mol. The zero-order valence-electron chi connectivity index (χ0n) is 10.3. The van der Waals surface area contributed by atoms with E-state index in [0.29, 0.717) is 0 Å². The van der Waals surface area contributed by atoms with Crippen LogP contribution in [0.2, 0.25) is 0 Å². The van der Waals surface area contributed by atoms with Crippen LogP contribution in [0, 0.1) is 5.92 Å². The maximum absolute atomic E-state index is 2.74. The molecule has 0 bridgehead atoms. The van der Waals surface area contributed by atoms with Crippen molar-refractivity contribution in [3.63, 3.8) is 0 Å². The largest absolute Gasteiger partial charge is 0.300 e. The topological polar surface area (TPSA) is 3.24 Å². The fraction of sp³-hybridized carbons (Fsp3) is 1.00. The molecule has 0 aromatic rings. The van der Waals surface area contributed by atoms with Crippen LogP contribution in [0.15, 0.2) is 0 Å². The molecule has 1 atom stereocenters. The van der Waals surface area contributed by atoms with Crippen molar-refractivity contribution in [1.29, 1.82) is 0 Å². The zero-order valence-corrected chi connectivity index (χ0v) is 10.3. The molecule has 0 aromatic heterocycles. The molecule has 0 saturated carbocycles. The van der Waals surface area contributed by atoms with Gasteiger partial charge in [-0.3, -0.25) is 0 Å². The van der Waals surface area contributed by atoms with Crippen LogP contribution in [-0.4, -0.2) is 24.0 Å².